The zero-order chi connectivity index (χ0) is 13.8. The highest BCUT2D eigenvalue weighted by atomic mass is 16.5. The van der Waals surface area contributed by atoms with Gasteiger partial charge in [-0.3, -0.25) is 4.79 Å². The Balaban J connectivity index is 1.57. The van der Waals surface area contributed by atoms with Gasteiger partial charge in [-0.15, -0.1) is 0 Å². The van der Waals surface area contributed by atoms with Crippen molar-refractivity contribution in [1.29, 1.82) is 0 Å². The van der Waals surface area contributed by atoms with Crippen LogP contribution in [0.1, 0.15) is 50.0 Å². The van der Waals surface area contributed by atoms with E-state index < -0.39 is 0 Å². The SMILES string of the molecule is O=C(NCC1CCOc2ccccc21)C1CCCCC1. The quantitative estimate of drug-likeness (QED) is 0.918. The normalized spacial score (nSPS) is 22.7. The maximum absolute atomic E-state index is 12.2. The maximum atomic E-state index is 12.2. The number of ether oxygens (including phenoxy) is 1. The topological polar surface area (TPSA) is 38.3 Å². The second-order valence-electron chi connectivity index (χ2n) is 5.95. The summed E-state index contributed by atoms with van der Waals surface area (Å²) < 4.78 is 5.66. The second kappa shape index (κ2) is 6.29. The van der Waals surface area contributed by atoms with Gasteiger partial charge in [0.1, 0.15) is 5.75 Å². The summed E-state index contributed by atoms with van der Waals surface area (Å²) in [5.41, 5.74) is 1.24. The summed E-state index contributed by atoms with van der Waals surface area (Å²) in [6, 6.07) is 8.18. The van der Waals surface area contributed by atoms with Crippen molar-refractivity contribution in [3.05, 3.63) is 29.8 Å². The fourth-order valence-electron chi connectivity index (χ4n) is 3.36. The zero-order valence-electron chi connectivity index (χ0n) is 11.9. The maximum Gasteiger partial charge on any atom is 0.223 e. The Morgan fingerprint density at radius 3 is 2.80 bits per heavy atom. The van der Waals surface area contributed by atoms with Crippen molar-refractivity contribution in [3.63, 3.8) is 0 Å². The molecule has 1 fully saturated rings. The van der Waals surface area contributed by atoms with E-state index in [1.807, 2.05) is 18.2 Å². The van der Waals surface area contributed by atoms with E-state index in [1.54, 1.807) is 0 Å². The molecule has 0 aromatic heterocycles. The highest BCUT2D eigenvalue weighted by Gasteiger charge is 2.24. The molecule has 1 aromatic rings. The largest absolute Gasteiger partial charge is 0.493 e. The van der Waals surface area contributed by atoms with E-state index in [0.29, 0.717) is 5.92 Å². The number of nitrogens with one attached hydrogen (secondary N) is 1. The average Bonchev–Trinajstić information content (AvgIpc) is 2.53. The molecule has 0 saturated heterocycles. The summed E-state index contributed by atoms with van der Waals surface area (Å²) in [5.74, 6) is 1.88. The molecule has 1 atom stereocenters. The van der Waals surface area contributed by atoms with Crippen LogP contribution in [-0.4, -0.2) is 19.1 Å². The van der Waals surface area contributed by atoms with Gasteiger partial charge in [0.15, 0.2) is 0 Å². The van der Waals surface area contributed by atoms with Crippen molar-refractivity contribution in [2.45, 2.75) is 44.4 Å². The van der Waals surface area contributed by atoms with Crippen molar-refractivity contribution in [2.24, 2.45) is 5.92 Å². The fourth-order valence-corrected chi connectivity index (χ4v) is 3.36. The summed E-state index contributed by atoms with van der Waals surface area (Å²) in [6.07, 6.45) is 6.82. The van der Waals surface area contributed by atoms with E-state index in [-0.39, 0.29) is 11.8 Å². The van der Waals surface area contributed by atoms with Gasteiger partial charge in [-0.25, -0.2) is 0 Å². The van der Waals surface area contributed by atoms with E-state index in [0.717, 1.165) is 38.2 Å². The number of hydrogen-bond acceptors (Lipinski definition) is 2. The molecule has 2 aliphatic rings. The number of carbonyl (C=O) groups is 1. The molecule has 1 saturated carbocycles. The molecule has 3 heteroatoms. The molecule has 1 N–H and O–H groups in total. The first-order valence-corrected chi connectivity index (χ1v) is 7.84. The predicted molar refractivity (Wildman–Crippen MR) is 78.9 cm³/mol. The molecular formula is C17H23NO2. The summed E-state index contributed by atoms with van der Waals surface area (Å²) in [5, 5.41) is 3.17. The first-order chi connectivity index (χ1) is 9.84. The van der Waals surface area contributed by atoms with Gasteiger partial charge >= 0.3 is 0 Å². The van der Waals surface area contributed by atoms with E-state index in [1.165, 1.54) is 24.8 Å². The van der Waals surface area contributed by atoms with Gasteiger partial charge in [0.25, 0.3) is 0 Å². The van der Waals surface area contributed by atoms with Crippen molar-refractivity contribution < 1.29 is 9.53 Å². The lowest BCUT2D eigenvalue weighted by Gasteiger charge is -2.27. The van der Waals surface area contributed by atoms with Gasteiger partial charge in [0, 0.05) is 18.4 Å². The monoisotopic (exact) mass is 273 g/mol. The van der Waals surface area contributed by atoms with Gasteiger partial charge in [-0.2, -0.15) is 0 Å². The molecule has 3 rings (SSSR count). The van der Waals surface area contributed by atoms with Crippen LogP contribution in [0, 0.1) is 5.92 Å². The first-order valence-electron chi connectivity index (χ1n) is 7.84. The van der Waals surface area contributed by atoms with E-state index in [2.05, 4.69) is 11.4 Å². The Morgan fingerprint density at radius 2 is 1.95 bits per heavy atom. The Bertz CT molecular complexity index is 466. The highest BCUT2D eigenvalue weighted by molar-refractivity contribution is 5.78. The van der Waals surface area contributed by atoms with Crippen LogP contribution in [0.2, 0.25) is 0 Å². The lowest BCUT2D eigenvalue weighted by atomic mass is 9.88. The van der Waals surface area contributed by atoms with Crippen molar-refractivity contribution in [2.75, 3.05) is 13.2 Å². The van der Waals surface area contributed by atoms with Crippen LogP contribution in [0.5, 0.6) is 5.75 Å². The third kappa shape index (κ3) is 2.97. The molecule has 0 bridgehead atoms. The zero-order valence-corrected chi connectivity index (χ0v) is 11.9. The van der Waals surface area contributed by atoms with Crippen LogP contribution < -0.4 is 10.1 Å². The summed E-state index contributed by atoms with van der Waals surface area (Å²) in [6.45, 7) is 1.50. The van der Waals surface area contributed by atoms with Crippen LogP contribution in [0.25, 0.3) is 0 Å². The molecule has 1 unspecified atom stereocenters. The summed E-state index contributed by atoms with van der Waals surface area (Å²) >= 11 is 0. The Hall–Kier alpha value is -1.51. The molecule has 1 aliphatic carbocycles. The lowest BCUT2D eigenvalue weighted by Crippen LogP contribution is -2.35. The third-order valence-corrected chi connectivity index (χ3v) is 4.58. The number of hydrogen-bond donors (Lipinski definition) is 1. The van der Waals surface area contributed by atoms with Gasteiger partial charge in [0.05, 0.1) is 6.61 Å². The number of amides is 1. The number of fused-ring (bicyclic) bond motifs is 1. The van der Waals surface area contributed by atoms with Crippen LogP contribution in [-0.2, 0) is 4.79 Å². The molecule has 0 spiro atoms. The van der Waals surface area contributed by atoms with Crippen LogP contribution in [0.15, 0.2) is 24.3 Å². The molecule has 1 aromatic carbocycles. The summed E-state index contributed by atoms with van der Waals surface area (Å²) in [7, 11) is 0. The van der Waals surface area contributed by atoms with E-state index >= 15 is 0 Å². The van der Waals surface area contributed by atoms with Crippen LogP contribution >= 0.6 is 0 Å². The van der Waals surface area contributed by atoms with Crippen molar-refractivity contribution in [1.82, 2.24) is 5.32 Å². The molecule has 0 radical (unpaired) electrons. The molecule has 3 nitrogen and oxygen atoms in total. The highest BCUT2D eigenvalue weighted by Crippen LogP contribution is 2.33. The molecule has 1 amide bonds. The Labute approximate surface area is 120 Å². The summed E-state index contributed by atoms with van der Waals surface area (Å²) in [4.78, 5) is 12.2. The predicted octanol–water partition coefficient (Wildman–Crippen LogP) is 3.25. The number of para-hydroxylation sites is 1. The molecule has 108 valence electrons. The van der Waals surface area contributed by atoms with Gasteiger partial charge in [0.2, 0.25) is 5.91 Å². The first kappa shape index (κ1) is 13.5. The average molecular weight is 273 g/mol. The Kier molecular flexibility index (Phi) is 4.24. The minimum absolute atomic E-state index is 0.249. The number of rotatable bonds is 3. The van der Waals surface area contributed by atoms with Gasteiger partial charge in [-0.05, 0) is 30.9 Å². The molecule has 1 heterocycles. The van der Waals surface area contributed by atoms with Crippen molar-refractivity contribution in [3.8, 4) is 5.75 Å². The second-order valence-corrected chi connectivity index (χ2v) is 5.95. The van der Waals surface area contributed by atoms with Crippen LogP contribution in [0.4, 0.5) is 0 Å². The van der Waals surface area contributed by atoms with Gasteiger partial charge < -0.3 is 10.1 Å². The van der Waals surface area contributed by atoms with Gasteiger partial charge in [-0.1, -0.05) is 37.5 Å². The molecule has 20 heavy (non-hydrogen) atoms. The van der Waals surface area contributed by atoms with E-state index in [9.17, 15) is 4.79 Å². The number of benzene rings is 1. The van der Waals surface area contributed by atoms with E-state index in [4.69, 9.17) is 4.74 Å². The molecular weight excluding hydrogens is 250 g/mol. The lowest BCUT2D eigenvalue weighted by molar-refractivity contribution is -0.126. The van der Waals surface area contributed by atoms with Crippen molar-refractivity contribution >= 4 is 5.91 Å². The minimum Gasteiger partial charge on any atom is -0.493 e. The molecule has 1 aliphatic heterocycles. The Morgan fingerprint density at radius 1 is 1.15 bits per heavy atom. The fraction of sp³-hybridized carbons (Fsp3) is 0.588. The minimum atomic E-state index is 0.249. The number of carbonyl (C=O) groups excluding carboxylic acids is 1. The standard InChI is InChI=1S/C17H23NO2/c19-17(13-6-2-1-3-7-13)18-12-14-10-11-20-16-9-5-4-8-15(14)16/h4-5,8-9,13-14H,1-3,6-7,10-12H2,(H,18,19). The van der Waals surface area contributed by atoms with Crippen LogP contribution in [0.3, 0.4) is 0 Å². The third-order valence-electron chi connectivity index (χ3n) is 4.58. The smallest absolute Gasteiger partial charge is 0.223 e.